The van der Waals surface area contributed by atoms with E-state index in [-0.39, 0.29) is 23.0 Å². The standard InChI is InChI=1S/C15H17FN6/c1-15(2,7-8-3-5-9(16)6-4-8)13-19-10-11(17)20-14(18)22-12(10)21-13/h3-6H,7H2,1-2H3,(H5,17,18,19,20,21,22). The van der Waals surface area contributed by atoms with Crippen molar-refractivity contribution in [3.8, 4) is 0 Å². The number of nitrogens with zero attached hydrogens (tertiary/aromatic N) is 3. The molecule has 0 amide bonds. The van der Waals surface area contributed by atoms with Crippen LogP contribution in [0.25, 0.3) is 11.2 Å². The summed E-state index contributed by atoms with van der Waals surface area (Å²) in [5.74, 6) is 0.862. The number of rotatable bonds is 3. The van der Waals surface area contributed by atoms with Gasteiger partial charge in [0.2, 0.25) is 5.95 Å². The number of aromatic nitrogens is 4. The molecule has 114 valence electrons. The van der Waals surface area contributed by atoms with Crippen molar-refractivity contribution >= 4 is 22.9 Å². The predicted octanol–water partition coefficient (Wildman–Crippen LogP) is 2.18. The number of anilines is 2. The van der Waals surface area contributed by atoms with E-state index in [2.05, 4.69) is 19.9 Å². The molecular weight excluding hydrogens is 283 g/mol. The first kappa shape index (κ1) is 14.2. The number of nitrogens with one attached hydrogen (secondary N) is 1. The zero-order chi connectivity index (χ0) is 15.9. The van der Waals surface area contributed by atoms with Crippen molar-refractivity contribution in [1.82, 2.24) is 19.9 Å². The summed E-state index contributed by atoms with van der Waals surface area (Å²) >= 11 is 0. The van der Waals surface area contributed by atoms with Gasteiger partial charge in [-0.2, -0.15) is 9.97 Å². The average Bonchev–Trinajstić information content (AvgIpc) is 2.86. The van der Waals surface area contributed by atoms with Gasteiger partial charge in [-0.25, -0.2) is 9.37 Å². The minimum absolute atomic E-state index is 0.0967. The average molecular weight is 300 g/mol. The highest BCUT2D eigenvalue weighted by Crippen LogP contribution is 2.28. The molecule has 0 unspecified atom stereocenters. The molecule has 2 aromatic heterocycles. The van der Waals surface area contributed by atoms with E-state index in [1.807, 2.05) is 13.8 Å². The molecule has 3 rings (SSSR count). The van der Waals surface area contributed by atoms with Crippen molar-refractivity contribution in [3.63, 3.8) is 0 Å². The summed E-state index contributed by atoms with van der Waals surface area (Å²) in [6.07, 6.45) is 0.690. The fourth-order valence-corrected chi connectivity index (χ4v) is 2.45. The van der Waals surface area contributed by atoms with Gasteiger partial charge < -0.3 is 16.5 Å². The van der Waals surface area contributed by atoms with E-state index in [0.29, 0.717) is 17.6 Å². The van der Waals surface area contributed by atoms with E-state index in [0.717, 1.165) is 11.4 Å². The highest BCUT2D eigenvalue weighted by Gasteiger charge is 2.26. The van der Waals surface area contributed by atoms with Crippen molar-refractivity contribution in [2.45, 2.75) is 25.7 Å². The second kappa shape index (κ2) is 4.94. The summed E-state index contributed by atoms with van der Waals surface area (Å²) in [6.45, 7) is 4.09. The molecule has 0 atom stereocenters. The topological polar surface area (TPSA) is 106 Å². The Morgan fingerprint density at radius 3 is 2.45 bits per heavy atom. The van der Waals surface area contributed by atoms with Gasteiger partial charge in [0.25, 0.3) is 0 Å². The van der Waals surface area contributed by atoms with E-state index in [9.17, 15) is 4.39 Å². The Balaban J connectivity index is 1.97. The highest BCUT2D eigenvalue weighted by atomic mass is 19.1. The van der Waals surface area contributed by atoms with Gasteiger partial charge in [-0.15, -0.1) is 0 Å². The SMILES string of the molecule is CC(C)(Cc1ccc(F)cc1)c1nc2nc(N)nc(N)c2[nH]1. The number of halogens is 1. The second-order valence-electron chi connectivity index (χ2n) is 5.94. The molecule has 2 heterocycles. The molecule has 0 aliphatic rings. The summed E-state index contributed by atoms with van der Waals surface area (Å²) in [4.78, 5) is 15.7. The van der Waals surface area contributed by atoms with Gasteiger partial charge in [-0.05, 0) is 24.1 Å². The Morgan fingerprint density at radius 2 is 1.77 bits per heavy atom. The molecule has 3 aromatic rings. The zero-order valence-electron chi connectivity index (χ0n) is 12.4. The molecule has 7 heteroatoms. The first-order valence-electron chi connectivity index (χ1n) is 6.89. The molecule has 5 N–H and O–H groups in total. The molecule has 0 spiro atoms. The van der Waals surface area contributed by atoms with Gasteiger partial charge >= 0.3 is 0 Å². The maximum atomic E-state index is 13.0. The summed E-state index contributed by atoms with van der Waals surface area (Å²) in [7, 11) is 0. The minimum atomic E-state index is -0.306. The van der Waals surface area contributed by atoms with Crippen LogP contribution in [-0.2, 0) is 11.8 Å². The largest absolute Gasteiger partial charge is 0.382 e. The van der Waals surface area contributed by atoms with Gasteiger partial charge in [0.05, 0.1) is 0 Å². The first-order valence-corrected chi connectivity index (χ1v) is 6.89. The number of aromatic amines is 1. The maximum Gasteiger partial charge on any atom is 0.224 e. The van der Waals surface area contributed by atoms with E-state index >= 15 is 0 Å². The Hall–Kier alpha value is -2.70. The Morgan fingerprint density at radius 1 is 1.09 bits per heavy atom. The summed E-state index contributed by atoms with van der Waals surface area (Å²) in [6, 6.07) is 6.44. The molecule has 6 nitrogen and oxygen atoms in total. The second-order valence-corrected chi connectivity index (χ2v) is 5.94. The Bertz CT molecular complexity index is 822. The number of nitrogens with two attached hydrogens (primary N) is 2. The van der Waals surface area contributed by atoms with Gasteiger partial charge in [0, 0.05) is 5.41 Å². The normalized spacial score (nSPS) is 12.0. The first-order chi connectivity index (χ1) is 10.3. The maximum absolute atomic E-state index is 13.0. The van der Waals surface area contributed by atoms with Crippen LogP contribution in [0.15, 0.2) is 24.3 Å². The molecule has 0 radical (unpaired) electrons. The lowest BCUT2D eigenvalue weighted by Crippen LogP contribution is -2.22. The molecule has 1 aromatic carbocycles. The molecule has 0 fully saturated rings. The van der Waals surface area contributed by atoms with Crippen LogP contribution in [0.5, 0.6) is 0 Å². The van der Waals surface area contributed by atoms with E-state index < -0.39 is 0 Å². The molecule has 0 aliphatic carbocycles. The third-order valence-electron chi connectivity index (χ3n) is 3.60. The van der Waals surface area contributed by atoms with Gasteiger partial charge in [0.15, 0.2) is 11.5 Å². The number of nitrogen functional groups attached to an aromatic ring is 2. The van der Waals surface area contributed by atoms with Crippen LogP contribution in [0, 0.1) is 5.82 Å². The Kier molecular flexibility index (Phi) is 3.20. The summed E-state index contributed by atoms with van der Waals surface area (Å²) in [5.41, 5.74) is 13.2. The van der Waals surface area contributed by atoms with Crippen molar-refractivity contribution in [3.05, 3.63) is 41.5 Å². The molecule has 0 saturated carbocycles. The van der Waals surface area contributed by atoms with E-state index in [1.54, 1.807) is 12.1 Å². The number of imidazole rings is 1. The number of H-pyrrole nitrogens is 1. The Labute approximate surface area is 126 Å². The van der Waals surface area contributed by atoms with Gasteiger partial charge in [-0.1, -0.05) is 26.0 Å². The van der Waals surface area contributed by atoms with Crippen LogP contribution in [0.2, 0.25) is 0 Å². The number of benzene rings is 1. The fraction of sp³-hybridized carbons (Fsp3) is 0.267. The number of hydrogen-bond acceptors (Lipinski definition) is 5. The van der Waals surface area contributed by atoms with Gasteiger partial charge in [-0.3, -0.25) is 0 Å². The summed E-state index contributed by atoms with van der Waals surface area (Å²) in [5, 5.41) is 0. The van der Waals surface area contributed by atoms with Gasteiger partial charge in [0.1, 0.15) is 17.2 Å². The zero-order valence-corrected chi connectivity index (χ0v) is 12.4. The monoisotopic (exact) mass is 300 g/mol. The molecule has 22 heavy (non-hydrogen) atoms. The lowest BCUT2D eigenvalue weighted by Gasteiger charge is -2.22. The third kappa shape index (κ3) is 2.57. The van der Waals surface area contributed by atoms with Crippen LogP contribution >= 0.6 is 0 Å². The third-order valence-corrected chi connectivity index (χ3v) is 3.60. The summed E-state index contributed by atoms with van der Waals surface area (Å²) < 4.78 is 13.0. The molecule has 0 aliphatic heterocycles. The van der Waals surface area contributed by atoms with Crippen LogP contribution in [-0.4, -0.2) is 19.9 Å². The van der Waals surface area contributed by atoms with Crippen LogP contribution in [0.4, 0.5) is 16.2 Å². The van der Waals surface area contributed by atoms with Crippen molar-refractivity contribution in [2.24, 2.45) is 0 Å². The quantitative estimate of drug-likeness (QED) is 0.687. The molecular formula is C15H17FN6. The van der Waals surface area contributed by atoms with Crippen LogP contribution in [0.1, 0.15) is 25.2 Å². The van der Waals surface area contributed by atoms with E-state index in [1.165, 1.54) is 12.1 Å². The number of hydrogen-bond donors (Lipinski definition) is 3. The minimum Gasteiger partial charge on any atom is -0.382 e. The van der Waals surface area contributed by atoms with Crippen molar-refractivity contribution < 1.29 is 4.39 Å². The van der Waals surface area contributed by atoms with Crippen molar-refractivity contribution in [2.75, 3.05) is 11.5 Å². The van der Waals surface area contributed by atoms with E-state index in [4.69, 9.17) is 11.5 Å². The predicted molar refractivity (Wildman–Crippen MR) is 83.6 cm³/mol. The number of fused-ring (bicyclic) bond motifs is 1. The molecule has 0 bridgehead atoms. The molecule has 0 saturated heterocycles. The smallest absolute Gasteiger partial charge is 0.224 e. The van der Waals surface area contributed by atoms with Crippen LogP contribution < -0.4 is 11.5 Å². The lowest BCUT2D eigenvalue weighted by atomic mass is 9.85. The highest BCUT2D eigenvalue weighted by molar-refractivity contribution is 5.82. The van der Waals surface area contributed by atoms with Crippen LogP contribution in [0.3, 0.4) is 0 Å². The fourth-order valence-electron chi connectivity index (χ4n) is 2.45. The lowest BCUT2D eigenvalue weighted by molar-refractivity contribution is 0.493. The van der Waals surface area contributed by atoms with Crippen molar-refractivity contribution in [1.29, 1.82) is 0 Å².